The lowest BCUT2D eigenvalue weighted by Gasteiger charge is -2.45. The first-order valence-corrected chi connectivity index (χ1v) is 7.86. The molecule has 0 radical (unpaired) electrons. The second-order valence-corrected chi connectivity index (χ2v) is 6.60. The largest absolute Gasteiger partial charge is 0.385 e. The zero-order chi connectivity index (χ0) is 15.9. The highest BCUT2D eigenvalue weighted by Gasteiger charge is 2.43. The zero-order valence-corrected chi connectivity index (χ0v) is 13.5. The summed E-state index contributed by atoms with van der Waals surface area (Å²) >= 11 is 0. The minimum absolute atomic E-state index is 0.00461. The standard InChI is InChI=1S/C17H23N3O2/c1-17(2)16(22)19(3)10-11-20(17)15(21)13-6-4-8-14-12(13)7-5-9-18-14/h4,6,8,18H,5,7,9-11H2,1-3H3. The van der Waals surface area contributed by atoms with Crippen LogP contribution >= 0.6 is 0 Å². The first-order chi connectivity index (χ1) is 10.4. The van der Waals surface area contributed by atoms with Gasteiger partial charge < -0.3 is 15.1 Å². The Kier molecular flexibility index (Phi) is 3.59. The predicted molar refractivity (Wildman–Crippen MR) is 86.0 cm³/mol. The van der Waals surface area contributed by atoms with Crippen LogP contribution in [-0.4, -0.2) is 53.8 Å². The number of nitrogens with one attached hydrogen (secondary N) is 1. The van der Waals surface area contributed by atoms with Crippen LogP contribution < -0.4 is 5.32 Å². The summed E-state index contributed by atoms with van der Waals surface area (Å²) in [6.07, 6.45) is 1.94. The van der Waals surface area contributed by atoms with E-state index in [1.807, 2.05) is 32.0 Å². The van der Waals surface area contributed by atoms with Crippen molar-refractivity contribution in [3.8, 4) is 0 Å². The molecular weight excluding hydrogens is 278 g/mol. The number of hydrogen-bond donors (Lipinski definition) is 1. The van der Waals surface area contributed by atoms with Gasteiger partial charge in [0.2, 0.25) is 5.91 Å². The Morgan fingerprint density at radius 2 is 2.05 bits per heavy atom. The number of benzene rings is 1. The molecule has 1 aromatic carbocycles. The first kappa shape index (κ1) is 14.9. The second kappa shape index (κ2) is 5.30. The number of nitrogens with zero attached hydrogens (tertiary/aromatic N) is 2. The molecule has 0 saturated carbocycles. The third kappa shape index (κ3) is 2.25. The molecule has 0 bridgehead atoms. The van der Waals surface area contributed by atoms with Crippen LogP contribution in [0.1, 0.15) is 36.2 Å². The average Bonchev–Trinajstić information content (AvgIpc) is 2.52. The van der Waals surface area contributed by atoms with E-state index in [0.717, 1.165) is 36.2 Å². The van der Waals surface area contributed by atoms with Crippen LogP contribution in [0.4, 0.5) is 5.69 Å². The number of anilines is 1. The van der Waals surface area contributed by atoms with Gasteiger partial charge in [0.15, 0.2) is 0 Å². The van der Waals surface area contributed by atoms with Crippen molar-refractivity contribution in [3.05, 3.63) is 29.3 Å². The highest BCUT2D eigenvalue weighted by Crippen LogP contribution is 2.29. The monoisotopic (exact) mass is 301 g/mol. The van der Waals surface area contributed by atoms with E-state index in [9.17, 15) is 9.59 Å². The molecule has 5 nitrogen and oxygen atoms in total. The maximum atomic E-state index is 13.1. The van der Waals surface area contributed by atoms with Gasteiger partial charge in [-0.05, 0) is 44.4 Å². The molecule has 5 heteroatoms. The molecule has 2 aliphatic heterocycles. The normalized spacial score (nSPS) is 20.4. The Balaban J connectivity index is 1.96. The van der Waals surface area contributed by atoms with Gasteiger partial charge in [0.05, 0.1) is 0 Å². The Bertz CT molecular complexity index is 624. The van der Waals surface area contributed by atoms with Gasteiger partial charge in [0, 0.05) is 37.9 Å². The summed E-state index contributed by atoms with van der Waals surface area (Å²) in [5.74, 6) is -0.0398. The van der Waals surface area contributed by atoms with E-state index in [2.05, 4.69) is 5.32 Å². The SMILES string of the molecule is CN1CCN(C(=O)c2cccc3c2CCCN3)C(C)(C)C1=O. The van der Waals surface area contributed by atoms with Crippen LogP contribution in [0.25, 0.3) is 0 Å². The predicted octanol–water partition coefficient (Wildman–Crippen LogP) is 1.74. The summed E-state index contributed by atoms with van der Waals surface area (Å²) in [4.78, 5) is 28.9. The number of rotatable bonds is 1. The zero-order valence-electron chi connectivity index (χ0n) is 13.5. The van der Waals surface area contributed by atoms with Crippen molar-refractivity contribution in [1.82, 2.24) is 9.80 Å². The van der Waals surface area contributed by atoms with Crippen LogP contribution in [0.2, 0.25) is 0 Å². The molecule has 1 fully saturated rings. The lowest BCUT2D eigenvalue weighted by Crippen LogP contribution is -2.63. The summed E-state index contributed by atoms with van der Waals surface area (Å²) in [5, 5.41) is 3.35. The number of amides is 2. The summed E-state index contributed by atoms with van der Waals surface area (Å²) in [6.45, 7) is 5.77. The van der Waals surface area contributed by atoms with Crippen LogP contribution in [0.3, 0.4) is 0 Å². The van der Waals surface area contributed by atoms with Crippen molar-refractivity contribution in [2.75, 3.05) is 32.0 Å². The van der Waals surface area contributed by atoms with E-state index in [4.69, 9.17) is 0 Å². The molecule has 1 saturated heterocycles. The van der Waals surface area contributed by atoms with E-state index in [0.29, 0.717) is 13.1 Å². The Morgan fingerprint density at radius 1 is 1.27 bits per heavy atom. The van der Waals surface area contributed by atoms with Gasteiger partial charge in [0.25, 0.3) is 5.91 Å². The number of likely N-dealkylation sites (N-methyl/N-ethyl adjacent to an activating group) is 1. The third-order valence-corrected chi connectivity index (χ3v) is 4.77. The van der Waals surface area contributed by atoms with E-state index < -0.39 is 5.54 Å². The topological polar surface area (TPSA) is 52.6 Å². The van der Waals surface area contributed by atoms with Crippen LogP contribution in [0.15, 0.2) is 18.2 Å². The molecule has 118 valence electrons. The molecule has 0 spiro atoms. The quantitative estimate of drug-likeness (QED) is 0.859. The molecule has 3 rings (SSSR count). The highest BCUT2D eigenvalue weighted by atomic mass is 16.2. The number of carbonyl (C=O) groups excluding carboxylic acids is 2. The van der Waals surface area contributed by atoms with Crippen LogP contribution in [-0.2, 0) is 11.2 Å². The lowest BCUT2D eigenvalue weighted by atomic mass is 9.93. The van der Waals surface area contributed by atoms with Crippen molar-refractivity contribution in [3.63, 3.8) is 0 Å². The molecule has 1 N–H and O–H groups in total. The molecule has 2 amide bonds. The van der Waals surface area contributed by atoms with Crippen molar-refractivity contribution in [1.29, 1.82) is 0 Å². The molecule has 0 aromatic heterocycles. The third-order valence-electron chi connectivity index (χ3n) is 4.77. The maximum Gasteiger partial charge on any atom is 0.255 e. The van der Waals surface area contributed by atoms with E-state index in [-0.39, 0.29) is 11.8 Å². The van der Waals surface area contributed by atoms with E-state index in [1.165, 1.54) is 0 Å². The number of piperazine rings is 1. The van der Waals surface area contributed by atoms with E-state index >= 15 is 0 Å². The van der Waals surface area contributed by atoms with E-state index in [1.54, 1.807) is 16.8 Å². The lowest BCUT2D eigenvalue weighted by molar-refractivity contribution is -0.144. The van der Waals surface area contributed by atoms with Gasteiger partial charge >= 0.3 is 0 Å². The Hall–Kier alpha value is -2.04. The Labute approximate surface area is 131 Å². The van der Waals surface area contributed by atoms with Crippen molar-refractivity contribution in [2.45, 2.75) is 32.2 Å². The Morgan fingerprint density at radius 3 is 2.82 bits per heavy atom. The summed E-state index contributed by atoms with van der Waals surface area (Å²) < 4.78 is 0. The molecule has 1 aromatic rings. The van der Waals surface area contributed by atoms with Gasteiger partial charge in [0.1, 0.15) is 5.54 Å². The fraction of sp³-hybridized carbons (Fsp3) is 0.529. The smallest absolute Gasteiger partial charge is 0.255 e. The molecule has 0 aliphatic carbocycles. The molecule has 22 heavy (non-hydrogen) atoms. The summed E-state index contributed by atoms with van der Waals surface area (Å²) in [6, 6.07) is 5.81. The fourth-order valence-electron chi connectivity index (χ4n) is 3.42. The highest BCUT2D eigenvalue weighted by molar-refractivity contribution is 6.01. The van der Waals surface area contributed by atoms with Gasteiger partial charge in [-0.1, -0.05) is 6.07 Å². The average molecular weight is 301 g/mol. The fourth-order valence-corrected chi connectivity index (χ4v) is 3.42. The maximum absolute atomic E-state index is 13.1. The van der Waals surface area contributed by atoms with Gasteiger partial charge in [-0.3, -0.25) is 9.59 Å². The molecule has 0 atom stereocenters. The van der Waals surface area contributed by atoms with Crippen LogP contribution in [0.5, 0.6) is 0 Å². The second-order valence-electron chi connectivity index (χ2n) is 6.60. The molecule has 2 aliphatic rings. The van der Waals surface area contributed by atoms with Gasteiger partial charge in [-0.25, -0.2) is 0 Å². The minimum atomic E-state index is -0.797. The molecular formula is C17H23N3O2. The van der Waals surface area contributed by atoms with Crippen molar-refractivity contribution in [2.24, 2.45) is 0 Å². The van der Waals surface area contributed by atoms with Crippen LogP contribution in [0, 0.1) is 0 Å². The summed E-state index contributed by atoms with van der Waals surface area (Å²) in [7, 11) is 1.79. The first-order valence-electron chi connectivity index (χ1n) is 7.86. The van der Waals surface area contributed by atoms with Gasteiger partial charge in [-0.15, -0.1) is 0 Å². The molecule has 2 heterocycles. The minimum Gasteiger partial charge on any atom is -0.385 e. The number of fused-ring (bicyclic) bond motifs is 1. The number of carbonyl (C=O) groups is 2. The van der Waals surface area contributed by atoms with Gasteiger partial charge in [-0.2, -0.15) is 0 Å². The van der Waals surface area contributed by atoms with Crippen molar-refractivity contribution >= 4 is 17.5 Å². The summed E-state index contributed by atoms with van der Waals surface area (Å²) in [5.41, 5.74) is 2.07. The van der Waals surface area contributed by atoms with Crippen molar-refractivity contribution < 1.29 is 9.59 Å². The molecule has 0 unspecified atom stereocenters. The number of hydrogen-bond acceptors (Lipinski definition) is 3.